The van der Waals surface area contributed by atoms with Crippen LogP contribution in [0.2, 0.25) is 0 Å². The Labute approximate surface area is 314 Å². The molecular formula is C39H58BN5O8. The summed E-state index contributed by atoms with van der Waals surface area (Å²) in [6.07, 6.45) is 2.08. The van der Waals surface area contributed by atoms with Crippen LogP contribution in [0.5, 0.6) is 0 Å². The fourth-order valence-electron chi connectivity index (χ4n) is 9.26. The summed E-state index contributed by atoms with van der Waals surface area (Å²) in [5.74, 6) is -0.424. The van der Waals surface area contributed by atoms with Crippen molar-refractivity contribution in [1.82, 2.24) is 25.3 Å². The van der Waals surface area contributed by atoms with Crippen LogP contribution in [0.4, 0.5) is 9.59 Å². The van der Waals surface area contributed by atoms with E-state index in [1.165, 1.54) is 4.90 Å². The van der Waals surface area contributed by atoms with Crippen LogP contribution in [0.25, 0.3) is 0 Å². The van der Waals surface area contributed by atoms with E-state index in [0.717, 1.165) is 36.9 Å². The molecule has 2 bridgehead atoms. The molecule has 4 amide bonds. The monoisotopic (exact) mass is 735 g/mol. The molecule has 2 N–H and O–H groups in total. The van der Waals surface area contributed by atoms with Gasteiger partial charge >= 0.3 is 19.3 Å². The van der Waals surface area contributed by atoms with Crippen molar-refractivity contribution < 1.29 is 38.0 Å². The van der Waals surface area contributed by atoms with E-state index in [2.05, 4.69) is 38.0 Å². The molecule has 3 heterocycles. The molecule has 7 rings (SSSR count). The molecule has 53 heavy (non-hydrogen) atoms. The van der Waals surface area contributed by atoms with Crippen molar-refractivity contribution in [1.29, 1.82) is 0 Å². The standard InChI is InChI=1S/C39H58BN5O8/c1-9-13-32(40-52-31-19-27-18-30(38(27,4)5)39(31,6)53-40)41-34(46)29-20-28(51-37(49)44-21-25-14-10-11-15-26(25)22-44)23-45(29)35(47)33(24(2)3)42-36(48)50-17-12-16-43(7)8/h10-11,14-15,27-33H,2,9,12-13,16-23H2,1,3-8H3,(H,41,46)(H,42,48)/t27-,28+,29-,30-,31+,32-,33-,39-/m0/s1. The summed E-state index contributed by atoms with van der Waals surface area (Å²) in [6, 6.07) is 5.71. The lowest BCUT2D eigenvalue weighted by molar-refractivity contribution is -0.199. The highest BCUT2D eigenvalue weighted by atomic mass is 16.7. The highest BCUT2D eigenvalue weighted by molar-refractivity contribution is 6.48. The molecule has 0 unspecified atom stereocenters. The van der Waals surface area contributed by atoms with Gasteiger partial charge in [-0.2, -0.15) is 0 Å². The van der Waals surface area contributed by atoms with Gasteiger partial charge in [-0.05, 0) is 87.6 Å². The van der Waals surface area contributed by atoms with Gasteiger partial charge in [-0.15, -0.1) is 0 Å². The number of alkyl carbamates (subject to hydrolysis) is 1. The number of rotatable bonds is 13. The van der Waals surface area contributed by atoms with Gasteiger partial charge < -0.3 is 39.2 Å². The van der Waals surface area contributed by atoms with Crippen LogP contribution in [0.1, 0.15) is 84.3 Å². The molecule has 8 atom stereocenters. The lowest BCUT2D eigenvalue weighted by atomic mass is 9.43. The van der Waals surface area contributed by atoms with Gasteiger partial charge in [0.1, 0.15) is 18.2 Å². The fourth-order valence-corrected chi connectivity index (χ4v) is 9.26. The predicted molar refractivity (Wildman–Crippen MR) is 199 cm³/mol. The molecule has 6 aliphatic rings. The van der Waals surface area contributed by atoms with Gasteiger partial charge in [0.25, 0.3) is 0 Å². The Kier molecular flexibility index (Phi) is 11.5. The number of carbonyl (C=O) groups is 4. The zero-order chi connectivity index (χ0) is 38.2. The molecule has 2 saturated heterocycles. The summed E-state index contributed by atoms with van der Waals surface area (Å²) in [5, 5.41) is 5.83. The molecule has 3 saturated carbocycles. The van der Waals surface area contributed by atoms with E-state index < -0.39 is 60.8 Å². The molecule has 1 aromatic carbocycles. The van der Waals surface area contributed by atoms with Gasteiger partial charge in [-0.3, -0.25) is 14.5 Å². The van der Waals surface area contributed by atoms with Crippen LogP contribution in [-0.4, -0.2) is 115 Å². The van der Waals surface area contributed by atoms with Crippen LogP contribution < -0.4 is 10.6 Å². The molecule has 14 heteroatoms. The van der Waals surface area contributed by atoms with Crippen molar-refractivity contribution in [3.63, 3.8) is 0 Å². The SMILES string of the molecule is C=C(C)[C@H](NC(=O)OCCCN(C)C)C(=O)N1C[C@H](OC(=O)N2Cc3ccccc3C2)C[C@H]1C(=O)N[C@@H](CCC)B1O[C@@H]2C[C@@H]3C[C@@H](C3(C)C)[C@]2(C)O1. The zero-order valence-corrected chi connectivity index (χ0v) is 32.5. The molecule has 290 valence electrons. The van der Waals surface area contributed by atoms with E-state index in [4.69, 9.17) is 18.8 Å². The number of benzene rings is 1. The van der Waals surface area contributed by atoms with E-state index in [1.54, 1.807) is 11.8 Å². The van der Waals surface area contributed by atoms with Gasteiger partial charge in [0, 0.05) is 26.1 Å². The largest absolute Gasteiger partial charge is 0.481 e. The number of nitrogens with zero attached hydrogens (tertiary/aromatic N) is 3. The topological polar surface area (TPSA) is 139 Å². The van der Waals surface area contributed by atoms with E-state index in [0.29, 0.717) is 43.3 Å². The average Bonchev–Trinajstić information content (AvgIpc) is 3.83. The number of ether oxygens (including phenoxy) is 2. The highest BCUT2D eigenvalue weighted by Gasteiger charge is 2.68. The second-order valence-electron chi connectivity index (χ2n) is 16.8. The molecule has 0 spiro atoms. The Morgan fingerprint density at radius 1 is 1.08 bits per heavy atom. The number of nitrogens with one attached hydrogen (secondary N) is 2. The van der Waals surface area contributed by atoms with E-state index in [-0.39, 0.29) is 31.1 Å². The van der Waals surface area contributed by atoms with Crippen LogP contribution in [0.3, 0.4) is 0 Å². The second-order valence-corrected chi connectivity index (χ2v) is 16.8. The van der Waals surface area contributed by atoms with E-state index in [9.17, 15) is 19.2 Å². The smallest absolute Gasteiger partial charge is 0.449 e. The van der Waals surface area contributed by atoms with Crippen LogP contribution >= 0.6 is 0 Å². The first kappa shape index (κ1) is 39.1. The molecular weight excluding hydrogens is 677 g/mol. The summed E-state index contributed by atoms with van der Waals surface area (Å²) < 4.78 is 24.7. The summed E-state index contributed by atoms with van der Waals surface area (Å²) in [4.78, 5) is 59.9. The van der Waals surface area contributed by atoms with Crippen molar-refractivity contribution in [2.45, 2.75) is 122 Å². The lowest BCUT2D eigenvalue weighted by Gasteiger charge is -2.64. The molecule has 0 aromatic heterocycles. The van der Waals surface area contributed by atoms with Crippen molar-refractivity contribution in [2.24, 2.45) is 17.3 Å². The first-order chi connectivity index (χ1) is 25.1. The van der Waals surface area contributed by atoms with Crippen molar-refractivity contribution in [2.75, 3.05) is 33.8 Å². The maximum absolute atomic E-state index is 14.3. The quantitative estimate of drug-likeness (QED) is 0.173. The molecule has 5 fully saturated rings. The summed E-state index contributed by atoms with van der Waals surface area (Å²) in [6.45, 7) is 16.2. The van der Waals surface area contributed by atoms with Crippen LogP contribution in [0.15, 0.2) is 36.4 Å². The van der Waals surface area contributed by atoms with Crippen LogP contribution in [-0.2, 0) is 41.5 Å². The van der Waals surface area contributed by atoms with Crippen molar-refractivity contribution in [3.05, 3.63) is 47.5 Å². The molecule has 13 nitrogen and oxygen atoms in total. The Morgan fingerprint density at radius 3 is 2.40 bits per heavy atom. The average molecular weight is 736 g/mol. The van der Waals surface area contributed by atoms with Gasteiger partial charge in [0.05, 0.1) is 30.8 Å². The Balaban J connectivity index is 1.17. The number of likely N-dealkylation sites (tertiary alicyclic amines) is 1. The van der Waals surface area contributed by atoms with Crippen molar-refractivity contribution in [3.8, 4) is 0 Å². The third kappa shape index (κ3) is 7.96. The highest BCUT2D eigenvalue weighted by Crippen LogP contribution is 2.65. The molecule has 3 aliphatic heterocycles. The molecule has 1 aromatic rings. The number of amides is 4. The maximum Gasteiger partial charge on any atom is 0.481 e. The van der Waals surface area contributed by atoms with Crippen LogP contribution in [0, 0.1) is 17.3 Å². The van der Waals surface area contributed by atoms with E-state index in [1.807, 2.05) is 50.2 Å². The minimum Gasteiger partial charge on any atom is -0.449 e. The third-order valence-corrected chi connectivity index (χ3v) is 12.4. The Hall–Kier alpha value is -3.62. The summed E-state index contributed by atoms with van der Waals surface area (Å²) >= 11 is 0. The van der Waals surface area contributed by atoms with E-state index >= 15 is 0 Å². The molecule has 0 radical (unpaired) electrons. The number of fused-ring (bicyclic) bond motifs is 1. The molecule has 3 aliphatic carbocycles. The number of hydrogen-bond acceptors (Lipinski definition) is 9. The Bertz CT molecular complexity index is 1550. The van der Waals surface area contributed by atoms with Gasteiger partial charge in [0.2, 0.25) is 11.8 Å². The summed E-state index contributed by atoms with van der Waals surface area (Å²) in [5.41, 5.74) is 2.23. The van der Waals surface area contributed by atoms with Gasteiger partial charge in [0.15, 0.2) is 0 Å². The maximum atomic E-state index is 14.3. The predicted octanol–water partition coefficient (Wildman–Crippen LogP) is 4.28. The fraction of sp³-hybridized carbons (Fsp3) is 0.692. The van der Waals surface area contributed by atoms with Crippen molar-refractivity contribution >= 4 is 31.1 Å². The summed E-state index contributed by atoms with van der Waals surface area (Å²) in [7, 11) is 3.23. The normalized spacial score (nSPS) is 29.1. The third-order valence-electron chi connectivity index (χ3n) is 12.4. The Morgan fingerprint density at radius 2 is 1.77 bits per heavy atom. The number of carbonyl (C=O) groups excluding carboxylic acids is 4. The first-order valence-electron chi connectivity index (χ1n) is 19.3. The minimum atomic E-state index is -1.15. The van der Waals surface area contributed by atoms with Gasteiger partial charge in [-0.25, -0.2) is 9.59 Å². The zero-order valence-electron chi connectivity index (χ0n) is 32.5. The first-order valence-corrected chi connectivity index (χ1v) is 19.3. The number of hydrogen-bond donors (Lipinski definition) is 2. The second kappa shape index (κ2) is 15.6. The minimum absolute atomic E-state index is 0.0278. The lowest BCUT2D eigenvalue weighted by Crippen LogP contribution is -2.65. The van der Waals surface area contributed by atoms with Gasteiger partial charge in [-0.1, -0.05) is 58.0 Å².